The molecule has 4 rings (SSSR count). The minimum absolute atomic E-state index is 0.0145. The Kier molecular flexibility index (Phi) is 3.41. The third kappa shape index (κ3) is 2.50. The molecule has 1 saturated heterocycles. The first-order valence-electron chi connectivity index (χ1n) is 7.95. The highest BCUT2D eigenvalue weighted by molar-refractivity contribution is 5.90. The Bertz CT molecular complexity index is 809. The number of benzene rings is 1. The Balaban J connectivity index is 1.83. The Hall–Kier alpha value is -3.03. The number of nitrogens with zero attached hydrogens (tertiary/aromatic N) is 2. The fourth-order valence-electron chi connectivity index (χ4n) is 3.29. The molecule has 0 unspecified atom stereocenters. The highest BCUT2D eigenvalue weighted by atomic mass is 16.7. The van der Waals surface area contributed by atoms with E-state index < -0.39 is 16.8 Å². The third-order valence-corrected chi connectivity index (χ3v) is 4.50. The van der Waals surface area contributed by atoms with Gasteiger partial charge >= 0.3 is 0 Å². The van der Waals surface area contributed by atoms with E-state index in [-0.39, 0.29) is 11.6 Å². The average molecular weight is 344 g/mol. The Morgan fingerprint density at radius 3 is 2.72 bits per heavy atom. The summed E-state index contributed by atoms with van der Waals surface area (Å²) in [6, 6.07) is 4.35. The maximum atomic E-state index is 12.3. The number of amides is 1. The van der Waals surface area contributed by atoms with Crippen molar-refractivity contribution >= 4 is 17.3 Å². The SMILES string of the molecule is C[C@@]1(C2OC=CO2)C=C(N2CCCC2=O)c2cc([N+](=O)[O-])ccc2O1. The second kappa shape index (κ2) is 5.51. The zero-order valence-corrected chi connectivity index (χ0v) is 13.5. The second-order valence-electron chi connectivity index (χ2n) is 6.28. The van der Waals surface area contributed by atoms with Crippen molar-refractivity contribution in [2.45, 2.75) is 31.7 Å². The summed E-state index contributed by atoms with van der Waals surface area (Å²) in [5, 5.41) is 11.1. The van der Waals surface area contributed by atoms with Gasteiger partial charge in [-0.25, -0.2) is 0 Å². The van der Waals surface area contributed by atoms with Crippen molar-refractivity contribution in [3.05, 3.63) is 52.5 Å². The van der Waals surface area contributed by atoms with Gasteiger partial charge in [-0.3, -0.25) is 14.9 Å². The van der Waals surface area contributed by atoms with E-state index in [1.807, 2.05) is 0 Å². The van der Waals surface area contributed by atoms with Crippen LogP contribution in [0.1, 0.15) is 25.3 Å². The first kappa shape index (κ1) is 15.5. The number of carbonyl (C=O) groups excluding carboxylic acids is 1. The van der Waals surface area contributed by atoms with Crippen LogP contribution in [0.5, 0.6) is 5.75 Å². The van der Waals surface area contributed by atoms with Crippen LogP contribution < -0.4 is 4.74 Å². The quantitative estimate of drug-likeness (QED) is 0.618. The second-order valence-corrected chi connectivity index (χ2v) is 6.28. The van der Waals surface area contributed by atoms with Gasteiger partial charge in [0.25, 0.3) is 12.0 Å². The van der Waals surface area contributed by atoms with Gasteiger partial charge in [-0.1, -0.05) is 0 Å². The summed E-state index contributed by atoms with van der Waals surface area (Å²) in [7, 11) is 0. The fraction of sp³-hybridized carbons (Fsp3) is 0.353. The molecular weight excluding hydrogens is 328 g/mol. The molecule has 1 atom stereocenters. The first-order valence-corrected chi connectivity index (χ1v) is 7.95. The van der Waals surface area contributed by atoms with Crippen LogP contribution in [0.3, 0.4) is 0 Å². The molecule has 1 amide bonds. The minimum Gasteiger partial charge on any atom is -0.475 e. The van der Waals surface area contributed by atoms with Gasteiger partial charge in [0.15, 0.2) is 5.60 Å². The fourth-order valence-corrected chi connectivity index (χ4v) is 3.29. The van der Waals surface area contributed by atoms with E-state index in [2.05, 4.69) is 0 Å². The number of fused-ring (bicyclic) bond motifs is 1. The molecule has 25 heavy (non-hydrogen) atoms. The number of likely N-dealkylation sites (tertiary alicyclic amines) is 1. The van der Waals surface area contributed by atoms with Crippen LogP contribution in [0.25, 0.3) is 5.70 Å². The van der Waals surface area contributed by atoms with E-state index in [4.69, 9.17) is 14.2 Å². The summed E-state index contributed by atoms with van der Waals surface area (Å²) in [6.45, 7) is 2.35. The largest absolute Gasteiger partial charge is 0.475 e. The van der Waals surface area contributed by atoms with Crippen molar-refractivity contribution in [2.24, 2.45) is 0 Å². The number of non-ortho nitro benzene ring substituents is 1. The highest BCUT2D eigenvalue weighted by Crippen LogP contribution is 2.43. The van der Waals surface area contributed by atoms with Crippen LogP contribution in [0, 0.1) is 10.1 Å². The van der Waals surface area contributed by atoms with Crippen LogP contribution in [-0.2, 0) is 14.3 Å². The molecule has 3 aliphatic heterocycles. The van der Waals surface area contributed by atoms with Gasteiger partial charge in [0.2, 0.25) is 5.91 Å². The molecule has 3 aliphatic rings. The van der Waals surface area contributed by atoms with Gasteiger partial charge in [-0.05, 0) is 25.5 Å². The van der Waals surface area contributed by atoms with Crippen LogP contribution in [0.15, 0.2) is 36.8 Å². The molecule has 1 fully saturated rings. The monoisotopic (exact) mass is 344 g/mol. The molecule has 0 aliphatic carbocycles. The standard InChI is InChI=1S/C17H16N2O6/c1-17(16-23-7-8-24-16)10-13(18-6-2-3-15(18)20)12-9-11(19(21)22)4-5-14(12)25-17/h4-5,7-10,16H,2-3,6H2,1H3/t17-/m0/s1. The van der Waals surface area contributed by atoms with Crippen molar-refractivity contribution in [1.82, 2.24) is 4.90 Å². The molecule has 130 valence electrons. The number of rotatable bonds is 3. The molecule has 0 bridgehead atoms. The normalized spacial score (nSPS) is 25.1. The maximum absolute atomic E-state index is 12.3. The zero-order valence-electron chi connectivity index (χ0n) is 13.5. The molecule has 1 aromatic rings. The lowest BCUT2D eigenvalue weighted by Crippen LogP contribution is -2.46. The number of carbonyl (C=O) groups is 1. The predicted molar refractivity (Wildman–Crippen MR) is 86.2 cm³/mol. The third-order valence-electron chi connectivity index (χ3n) is 4.50. The number of hydrogen-bond donors (Lipinski definition) is 0. The predicted octanol–water partition coefficient (Wildman–Crippen LogP) is 2.55. The van der Waals surface area contributed by atoms with Crippen molar-refractivity contribution in [2.75, 3.05) is 6.54 Å². The van der Waals surface area contributed by atoms with E-state index in [1.54, 1.807) is 24.0 Å². The topological polar surface area (TPSA) is 91.1 Å². The molecule has 0 N–H and O–H groups in total. The lowest BCUT2D eigenvalue weighted by molar-refractivity contribution is -0.384. The summed E-state index contributed by atoms with van der Waals surface area (Å²) in [5.41, 5.74) is 0.0747. The van der Waals surface area contributed by atoms with Crippen molar-refractivity contribution in [3.8, 4) is 5.75 Å². The van der Waals surface area contributed by atoms with Crippen molar-refractivity contribution in [1.29, 1.82) is 0 Å². The smallest absolute Gasteiger partial charge is 0.282 e. The summed E-state index contributed by atoms with van der Waals surface area (Å²) in [5.74, 6) is 0.434. The molecule has 0 spiro atoms. The van der Waals surface area contributed by atoms with Crippen molar-refractivity contribution < 1.29 is 23.9 Å². The van der Waals surface area contributed by atoms with Gasteiger partial charge in [-0.2, -0.15) is 0 Å². The number of nitro groups is 1. The summed E-state index contributed by atoms with van der Waals surface area (Å²) < 4.78 is 16.9. The molecule has 8 heteroatoms. The highest BCUT2D eigenvalue weighted by Gasteiger charge is 2.45. The Labute approximate surface area is 143 Å². The average Bonchev–Trinajstić information content (AvgIpc) is 3.25. The van der Waals surface area contributed by atoms with Crippen LogP contribution in [0.2, 0.25) is 0 Å². The van der Waals surface area contributed by atoms with Gasteiger partial charge in [0.1, 0.15) is 18.3 Å². The van der Waals surface area contributed by atoms with Gasteiger partial charge in [0.05, 0.1) is 10.6 Å². The van der Waals surface area contributed by atoms with E-state index in [1.165, 1.54) is 24.7 Å². The molecule has 8 nitrogen and oxygen atoms in total. The van der Waals surface area contributed by atoms with Gasteiger partial charge in [-0.15, -0.1) is 0 Å². The minimum atomic E-state index is -0.981. The molecule has 3 heterocycles. The summed E-state index contributed by atoms with van der Waals surface area (Å²) in [6.07, 6.45) is 5.11. The molecular formula is C17H16N2O6. The number of hydrogen-bond acceptors (Lipinski definition) is 6. The van der Waals surface area contributed by atoms with E-state index in [0.29, 0.717) is 30.0 Å². The van der Waals surface area contributed by atoms with Crippen LogP contribution in [-0.4, -0.2) is 34.2 Å². The molecule has 0 saturated carbocycles. The molecule has 0 radical (unpaired) electrons. The maximum Gasteiger partial charge on any atom is 0.282 e. The number of nitro benzene ring substituents is 1. The Morgan fingerprint density at radius 2 is 2.08 bits per heavy atom. The molecule has 1 aromatic carbocycles. The van der Waals surface area contributed by atoms with E-state index in [9.17, 15) is 14.9 Å². The van der Waals surface area contributed by atoms with Crippen LogP contribution >= 0.6 is 0 Å². The van der Waals surface area contributed by atoms with E-state index in [0.717, 1.165) is 6.42 Å². The summed E-state index contributed by atoms with van der Waals surface area (Å²) >= 11 is 0. The van der Waals surface area contributed by atoms with Gasteiger partial charge in [0, 0.05) is 30.7 Å². The van der Waals surface area contributed by atoms with E-state index >= 15 is 0 Å². The van der Waals surface area contributed by atoms with Crippen LogP contribution in [0.4, 0.5) is 5.69 Å². The first-order chi connectivity index (χ1) is 12.0. The van der Waals surface area contributed by atoms with Gasteiger partial charge < -0.3 is 19.1 Å². The van der Waals surface area contributed by atoms with Crippen molar-refractivity contribution in [3.63, 3.8) is 0 Å². The lowest BCUT2D eigenvalue weighted by Gasteiger charge is -2.38. The number of ether oxygens (including phenoxy) is 3. The Morgan fingerprint density at radius 1 is 1.32 bits per heavy atom. The zero-order chi connectivity index (χ0) is 17.6. The summed E-state index contributed by atoms with van der Waals surface area (Å²) in [4.78, 5) is 24.6. The molecule has 0 aromatic heterocycles. The lowest BCUT2D eigenvalue weighted by atomic mass is 9.95.